The van der Waals surface area contributed by atoms with Crippen molar-refractivity contribution in [3.63, 3.8) is 0 Å². The first kappa shape index (κ1) is 13.3. The Kier molecular flexibility index (Phi) is 6.98. The lowest BCUT2D eigenvalue weighted by molar-refractivity contribution is 0.0335. The number of methoxy groups -OCH3 is 1. The van der Waals surface area contributed by atoms with E-state index >= 15 is 0 Å². The Morgan fingerprint density at radius 1 is 1.12 bits per heavy atom. The molecule has 0 aliphatic rings. The molecule has 7 heteroatoms. The highest BCUT2D eigenvalue weighted by Crippen LogP contribution is 2.11. The average Bonchev–Trinajstić information content (AvgIpc) is 2.68. The van der Waals surface area contributed by atoms with Crippen molar-refractivity contribution in [2.45, 2.75) is 13.0 Å². The molecule has 0 radical (unpaired) electrons. The molecule has 92 valence electrons. The van der Waals surface area contributed by atoms with Gasteiger partial charge in [0.25, 0.3) is 0 Å². The molecular weight excluding hydrogens is 230 g/mol. The standard InChI is InChI=1S/C9H17N3O3S/c1-13-3-2-4-14-5-6-15-7-8-11-12-9(10)16-8/h2-7H2,1H3,(H2,10,12). The summed E-state index contributed by atoms with van der Waals surface area (Å²) >= 11 is 1.34. The summed E-state index contributed by atoms with van der Waals surface area (Å²) in [6.07, 6.45) is 0.906. The molecule has 6 nitrogen and oxygen atoms in total. The molecule has 0 spiro atoms. The summed E-state index contributed by atoms with van der Waals surface area (Å²) in [5, 5.41) is 8.78. The number of anilines is 1. The van der Waals surface area contributed by atoms with Gasteiger partial charge >= 0.3 is 0 Å². The van der Waals surface area contributed by atoms with Gasteiger partial charge in [-0.2, -0.15) is 0 Å². The van der Waals surface area contributed by atoms with Crippen molar-refractivity contribution in [3.05, 3.63) is 5.01 Å². The monoisotopic (exact) mass is 247 g/mol. The number of hydrogen-bond donors (Lipinski definition) is 1. The van der Waals surface area contributed by atoms with Gasteiger partial charge < -0.3 is 19.9 Å². The number of rotatable bonds is 9. The lowest BCUT2D eigenvalue weighted by atomic mass is 10.5. The Balaban J connectivity index is 1.88. The van der Waals surface area contributed by atoms with Gasteiger partial charge in [0, 0.05) is 20.3 Å². The molecule has 1 aromatic rings. The van der Waals surface area contributed by atoms with Crippen LogP contribution in [0.15, 0.2) is 0 Å². The maximum absolute atomic E-state index is 5.43. The number of ether oxygens (including phenoxy) is 3. The van der Waals surface area contributed by atoms with Crippen LogP contribution in [0.2, 0.25) is 0 Å². The van der Waals surface area contributed by atoms with E-state index in [0.29, 0.717) is 31.6 Å². The largest absolute Gasteiger partial charge is 0.385 e. The minimum absolute atomic E-state index is 0.441. The number of nitrogens with zero attached hydrogens (tertiary/aromatic N) is 2. The average molecular weight is 247 g/mol. The normalized spacial score (nSPS) is 10.8. The molecule has 1 heterocycles. The third-order valence-electron chi connectivity index (χ3n) is 1.72. The summed E-state index contributed by atoms with van der Waals surface area (Å²) in [6, 6.07) is 0. The highest BCUT2D eigenvalue weighted by Gasteiger charge is 2.00. The SMILES string of the molecule is COCCCOCCOCc1nnc(N)s1. The van der Waals surface area contributed by atoms with E-state index in [1.165, 1.54) is 11.3 Å². The van der Waals surface area contributed by atoms with Crippen molar-refractivity contribution in [2.75, 3.05) is 39.3 Å². The van der Waals surface area contributed by atoms with Crippen LogP contribution in [0.3, 0.4) is 0 Å². The van der Waals surface area contributed by atoms with Crippen molar-refractivity contribution in [1.82, 2.24) is 10.2 Å². The predicted octanol–water partition coefficient (Wildman–Crippen LogP) is 0.690. The zero-order chi connectivity index (χ0) is 11.6. The fourth-order valence-corrected chi connectivity index (χ4v) is 1.56. The maximum Gasteiger partial charge on any atom is 0.203 e. The van der Waals surface area contributed by atoms with Crippen LogP contribution in [0.5, 0.6) is 0 Å². The summed E-state index contributed by atoms with van der Waals surface area (Å²) in [5.74, 6) is 0. The van der Waals surface area contributed by atoms with Crippen LogP contribution < -0.4 is 5.73 Å². The zero-order valence-electron chi connectivity index (χ0n) is 9.35. The summed E-state index contributed by atoms with van der Waals surface area (Å²) in [5.41, 5.74) is 5.43. The Morgan fingerprint density at radius 2 is 1.94 bits per heavy atom. The molecule has 0 atom stereocenters. The first-order valence-electron chi connectivity index (χ1n) is 5.05. The third kappa shape index (κ3) is 5.96. The van der Waals surface area contributed by atoms with E-state index in [0.717, 1.165) is 18.0 Å². The fourth-order valence-electron chi connectivity index (χ4n) is 1.01. The van der Waals surface area contributed by atoms with E-state index in [-0.39, 0.29) is 0 Å². The highest BCUT2D eigenvalue weighted by atomic mass is 32.1. The van der Waals surface area contributed by atoms with Crippen molar-refractivity contribution in [3.8, 4) is 0 Å². The quantitative estimate of drug-likeness (QED) is 0.647. The van der Waals surface area contributed by atoms with Crippen LogP contribution in [0.25, 0.3) is 0 Å². The molecule has 0 saturated heterocycles. The molecule has 0 unspecified atom stereocenters. The molecule has 0 aromatic carbocycles. The first-order chi connectivity index (χ1) is 7.83. The van der Waals surface area contributed by atoms with Crippen molar-refractivity contribution >= 4 is 16.5 Å². The highest BCUT2D eigenvalue weighted by molar-refractivity contribution is 7.15. The molecule has 2 N–H and O–H groups in total. The molecule has 0 fully saturated rings. The van der Waals surface area contributed by atoms with Crippen LogP contribution >= 0.6 is 11.3 Å². The van der Waals surface area contributed by atoms with Gasteiger partial charge in [-0.3, -0.25) is 0 Å². The summed E-state index contributed by atoms with van der Waals surface area (Å²) in [6.45, 7) is 2.99. The van der Waals surface area contributed by atoms with Crippen LogP contribution in [0.1, 0.15) is 11.4 Å². The molecule has 0 bridgehead atoms. The van der Waals surface area contributed by atoms with Crippen molar-refractivity contribution < 1.29 is 14.2 Å². The van der Waals surface area contributed by atoms with Crippen molar-refractivity contribution in [1.29, 1.82) is 0 Å². The number of aromatic nitrogens is 2. The Labute approximate surface area is 98.7 Å². The Morgan fingerprint density at radius 3 is 2.62 bits per heavy atom. The molecule has 1 aromatic heterocycles. The summed E-state index contributed by atoms with van der Waals surface area (Å²) in [7, 11) is 1.68. The third-order valence-corrected chi connectivity index (χ3v) is 2.44. The van der Waals surface area contributed by atoms with Gasteiger partial charge in [-0.1, -0.05) is 11.3 Å². The van der Waals surface area contributed by atoms with Crippen molar-refractivity contribution in [2.24, 2.45) is 0 Å². The first-order valence-corrected chi connectivity index (χ1v) is 5.87. The summed E-state index contributed by atoms with van der Waals surface area (Å²) < 4.78 is 15.5. The van der Waals surface area contributed by atoms with E-state index in [1.807, 2.05) is 0 Å². The second kappa shape index (κ2) is 8.40. The molecule has 0 amide bonds. The van der Waals surface area contributed by atoms with E-state index in [9.17, 15) is 0 Å². The zero-order valence-corrected chi connectivity index (χ0v) is 10.2. The molecule has 0 aliphatic heterocycles. The van der Waals surface area contributed by atoms with E-state index in [1.54, 1.807) is 7.11 Å². The predicted molar refractivity (Wildman–Crippen MR) is 61.3 cm³/mol. The van der Waals surface area contributed by atoms with E-state index < -0.39 is 0 Å². The van der Waals surface area contributed by atoms with Crippen LogP contribution in [0, 0.1) is 0 Å². The van der Waals surface area contributed by atoms with Gasteiger partial charge in [-0.15, -0.1) is 10.2 Å². The molecular formula is C9H17N3O3S. The number of hydrogen-bond acceptors (Lipinski definition) is 7. The van der Waals surface area contributed by atoms with Crippen LogP contribution in [-0.4, -0.2) is 43.7 Å². The van der Waals surface area contributed by atoms with Gasteiger partial charge in [-0.25, -0.2) is 0 Å². The maximum atomic E-state index is 5.43. The van der Waals surface area contributed by atoms with Gasteiger partial charge in [0.2, 0.25) is 5.13 Å². The molecule has 0 aliphatic carbocycles. The minimum atomic E-state index is 0.441. The smallest absolute Gasteiger partial charge is 0.203 e. The Bertz CT molecular complexity index is 283. The van der Waals surface area contributed by atoms with Gasteiger partial charge in [-0.05, 0) is 6.42 Å². The molecule has 16 heavy (non-hydrogen) atoms. The second-order valence-electron chi connectivity index (χ2n) is 3.05. The minimum Gasteiger partial charge on any atom is -0.385 e. The summed E-state index contributed by atoms with van der Waals surface area (Å²) in [4.78, 5) is 0. The lowest BCUT2D eigenvalue weighted by Gasteiger charge is -2.03. The lowest BCUT2D eigenvalue weighted by Crippen LogP contribution is -2.06. The van der Waals surface area contributed by atoms with Gasteiger partial charge in [0.1, 0.15) is 11.6 Å². The van der Waals surface area contributed by atoms with E-state index in [2.05, 4.69) is 10.2 Å². The number of nitrogen functional groups attached to an aromatic ring is 1. The van der Waals surface area contributed by atoms with Gasteiger partial charge in [0.05, 0.1) is 13.2 Å². The second-order valence-corrected chi connectivity index (χ2v) is 4.14. The van der Waals surface area contributed by atoms with E-state index in [4.69, 9.17) is 19.9 Å². The fraction of sp³-hybridized carbons (Fsp3) is 0.778. The number of nitrogens with two attached hydrogens (primary N) is 1. The molecule has 1 rings (SSSR count). The van der Waals surface area contributed by atoms with Crippen LogP contribution in [-0.2, 0) is 20.8 Å². The topological polar surface area (TPSA) is 79.5 Å². The van der Waals surface area contributed by atoms with Gasteiger partial charge in [0.15, 0.2) is 0 Å². The molecule has 0 saturated carbocycles. The van der Waals surface area contributed by atoms with Crippen LogP contribution in [0.4, 0.5) is 5.13 Å². The Hall–Kier alpha value is -0.760.